The number of nitrogens with one attached hydrogen (secondary N) is 3. The molecule has 3 atom stereocenters. The topological polar surface area (TPSA) is 261 Å². The van der Waals surface area contributed by atoms with Gasteiger partial charge in [-0.2, -0.15) is 13.2 Å². The molecule has 0 spiro atoms. The molecule has 4 aromatic rings. The third-order valence-corrected chi connectivity index (χ3v) is 10.8. The first-order chi connectivity index (χ1) is 34.2. The van der Waals surface area contributed by atoms with E-state index >= 15 is 0 Å². The fourth-order valence-electron chi connectivity index (χ4n) is 6.91. The summed E-state index contributed by atoms with van der Waals surface area (Å²) in [5.41, 5.74) is 11.8. The van der Waals surface area contributed by atoms with Gasteiger partial charge in [-0.1, -0.05) is 97.1 Å². The second-order valence-electron chi connectivity index (χ2n) is 15.9. The summed E-state index contributed by atoms with van der Waals surface area (Å²) in [6.45, 7) is -0.319. The lowest BCUT2D eigenvalue weighted by molar-refractivity contribution is -0.192. The van der Waals surface area contributed by atoms with Crippen molar-refractivity contribution in [2.24, 2.45) is 16.5 Å². The molecule has 0 aromatic heterocycles. The molecule has 0 radical (unpaired) electrons. The molecule has 5 rings (SSSR count). The zero-order valence-electron chi connectivity index (χ0n) is 38.2. The number of carboxylic acids is 1. The number of halogens is 6. The van der Waals surface area contributed by atoms with Crippen LogP contribution in [-0.4, -0.2) is 113 Å². The second-order valence-corrected chi connectivity index (χ2v) is 16.1. The van der Waals surface area contributed by atoms with Crippen LogP contribution in [0.25, 0.3) is 12.2 Å². The number of hydrogen-bond acceptors (Lipinski definition) is 9. The van der Waals surface area contributed by atoms with Crippen molar-refractivity contribution in [3.05, 3.63) is 154 Å². The van der Waals surface area contributed by atoms with Crippen LogP contribution in [0.2, 0.25) is 0 Å². The van der Waals surface area contributed by atoms with E-state index in [1.807, 2.05) is 0 Å². The number of carbonyl (C=O) groups excluding carboxylic acids is 7. The van der Waals surface area contributed by atoms with Gasteiger partial charge in [-0.05, 0) is 42.7 Å². The fourth-order valence-corrected chi connectivity index (χ4v) is 7.09. The van der Waals surface area contributed by atoms with Crippen molar-refractivity contribution in [2.45, 2.75) is 56.4 Å². The van der Waals surface area contributed by atoms with Gasteiger partial charge in [-0.3, -0.25) is 38.6 Å². The highest BCUT2D eigenvalue weighted by Crippen LogP contribution is 2.25. The number of Topliss-reactive ketones (excluding diaryl/α,β-unsaturated/α-hetero) is 3. The Bertz CT molecular complexity index is 2630. The van der Waals surface area contributed by atoms with Gasteiger partial charge in [0.05, 0.1) is 11.9 Å². The second kappa shape index (κ2) is 27.4. The maximum Gasteiger partial charge on any atom is 0.490 e. The minimum atomic E-state index is -5.08. The monoisotopic (exact) mass is 1020 g/mol. The van der Waals surface area contributed by atoms with Crippen molar-refractivity contribution in [1.29, 1.82) is 0 Å². The zero-order valence-corrected chi connectivity index (χ0v) is 38.9. The summed E-state index contributed by atoms with van der Waals surface area (Å²) in [4.78, 5) is 110. The minimum absolute atomic E-state index is 0.0553. The Morgan fingerprint density at radius 2 is 1.24 bits per heavy atom. The molecule has 72 heavy (non-hydrogen) atoms. The Hall–Kier alpha value is -8.07. The number of alkyl halides is 4. The number of nitrogens with two attached hydrogens (primary N) is 2. The van der Waals surface area contributed by atoms with Crippen molar-refractivity contribution in [2.75, 3.05) is 25.5 Å². The quantitative estimate of drug-likeness (QED) is 0.0103. The first kappa shape index (κ1) is 56.5. The van der Waals surface area contributed by atoms with Gasteiger partial charge < -0.3 is 37.4 Å². The van der Waals surface area contributed by atoms with Crippen molar-refractivity contribution in [3.8, 4) is 0 Å². The van der Waals surface area contributed by atoms with Crippen LogP contribution in [0.15, 0.2) is 125 Å². The van der Waals surface area contributed by atoms with E-state index in [9.17, 15) is 55.5 Å². The molecule has 4 amide bonds. The highest BCUT2D eigenvalue weighted by molar-refractivity contribution is 6.28. The number of carbonyl (C=O) groups is 8. The molecule has 1 saturated heterocycles. The van der Waals surface area contributed by atoms with E-state index in [4.69, 9.17) is 33.0 Å². The van der Waals surface area contributed by atoms with Crippen molar-refractivity contribution < 1.29 is 65.4 Å². The summed E-state index contributed by atoms with van der Waals surface area (Å²) >= 11 is 5.85. The average molecular weight is 1020 g/mol. The zero-order chi connectivity index (χ0) is 53.0. The molecule has 22 heteroatoms. The Morgan fingerprint density at radius 3 is 1.74 bits per heavy atom. The van der Waals surface area contributed by atoms with Crippen LogP contribution in [0.1, 0.15) is 52.7 Å². The summed E-state index contributed by atoms with van der Waals surface area (Å²) < 4.78 is 61.1. The summed E-state index contributed by atoms with van der Waals surface area (Å²) in [6.07, 6.45) is -3.04. The number of carboxylic acid groups (broad SMARTS) is 1. The minimum Gasteiger partial charge on any atom is -0.475 e. The normalized spacial score (nSPS) is 14.7. The summed E-state index contributed by atoms with van der Waals surface area (Å²) in [5, 5.41) is 14.8. The Morgan fingerprint density at radius 1 is 0.722 bits per heavy atom. The van der Waals surface area contributed by atoms with E-state index in [0.717, 1.165) is 0 Å². The van der Waals surface area contributed by atoms with E-state index in [1.54, 1.807) is 60.7 Å². The number of hydrogen-bond donors (Lipinski definition) is 6. The van der Waals surface area contributed by atoms with Gasteiger partial charge in [-0.15, -0.1) is 11.6 Å². The molecule has 0 aliphatic carbocycles. The lowest BCUT2D eigenvalue weighted by Crippen LogP contribution is -2.59. The SMILES string of the molecule is NC(N)=NCCC[C@@H](NC(=O)[C@@H](NC(=O)[C@@H](Cc1ccccc1)NC(=O)CCC(=O)N1C/C(=C\c2ccccc2F)C(=O)/C(=C/c2ccccc2F)C1)C(=O)c1ccccc1)C(=O)CCl.O=C(O)C(F)(F)F. The summed E-state index contributed by atoms with van der Waals surface area (Å²) in [7, 11) is 0. The van der Waals surface area contributed by atoms with Crippen LogP contribution in [0.4, 0.5) is 22.0 Å². The lowest BCUT2D eigenvalue weighted by Gasteiger charge is -2.30. The van der Waals surface area contributed by atoms with Crippen LogP contribution in [0, 0.1) is 11.6 Å². The van der Waals surface area contributed by atoms with Crippen LogP contribution >= 0.6 is 11.6 Å². The molecule has 16 nitrogen and oxygen atoms in total. The van der Waals surface area contributed by atoms with Crippen LogP contribution in [0.5, 0.6) is 0 Å². The van der Waals surface area contributed by atoms with Gasteiger partial charge in [-0.25, -0.2) is 13.6 Å². The predicted octanol–water partition coefficient (Wildman–Crippen LogP) is 4.70. The van der Waals surface area contributed by atoms with Gasteiger partial charge in [0.2, 0.25) is 17.7 Å². The fraction of sp³-hybridized carbons (Fsp3) is 0.260. The van der Waals surface area contributed by atoms with Crippen molar-refractivity contribution in [3.63, 3.8) is 0 Å². The van der Waals surface area contributed by atoms with Gasteiger partial charge in [0, 0.05) is 66.7 Å². The predicted molar refractivity (Wildman–Crippen MR) is 256 cm³/mol. The molecule has 0 bridgehead atoms. The molecule has 1 aliphatic heterocycles. The number of ketones is 3. The molecule has 0 unspecified atom stereocenters. The number of guanidine groups is 1. The Kier molecular flexibility index (Phi) is 21.5. The number of benzene rings is 4. The standard InChI is InChI=1S/C48H48ClF2N7O7.C2HF3O2/c49-27-40(59)38(20-11-23-54-48(52)53)56-47(65)43(45(63)31-14-5-2-6-15-31)57-46(64)39(24-30-12-3-1-4-13-30)55-41(60)21-22-42(61)58-28-34(25-32-16-7-9-18-36(32)50)44(62)35(29-58)26-33-17-8-10-19-37(33)51;3-2(4,5)1(6)7/h1-10,12-19,25-26,38-39,43H,11,20-24,27-29H2,(H,55,60)(H,56,65)(H,57,64)(H4,52,53,54);(H,6,7)/b34-25+,35-26+;/t38-,39-,43+;/m1./s1. The first-order valence-electron chi connectivity index (χ1n) is 21.9. The van der Waals surface area contributed by atoms with Gasteiger partial charge in [0.25, 0.3) is 5.91 Å². The maximum atomic E-state index is 14.7. The van der Waals surface area contributed by atoms with Gasteiger partial charge >= 0.3 is 12.1 Å². The Balaban J connectivity index is 0.00000149. The molecule has 1 fully saturated rings. The van der Waals surface area contributed by atoms with Crippen molar-refractivity contribution >= 4 is 76.7 Å². The molecular formula is C50H49ClF5N7O9. The van der Waals surface area contributed by atoms with Crippen LogP contribution in [-0.2, 0) is 40.0 Å². The molecule has 4 aromatic carbocycles. The van der Waals surface area contributed by atoms with Gasteiger partial charge in [0.1, 0.15) is 17.7 Å². The number of piperidine rings is 1. The third-order valence-electron chi connectivity index (χ3n) is 10.5. The van der Waals surface area contributed by atoms with E-state index in [1.165, 1.54) is 65.6 Å². The maximum absolute atomic E-state index is 14.7. The van der Waals surface area contributed by atoms with E-state index < -0.39 is 102 Å². The molecule has 380 valence electrons. The molecule has 0 saturated carbocycles. The average Bonchev–Trinajstić information content (AvgIpc) is 3.35. The first-order valence-corrected chi connectivity index (χ1v) is 22.4. The molecule has 1 heterocycles. The highest BCUT2D eigenvalue weighted by Gasteiger charge is 2.38. The smallest absolute Gasteiger partial charge is 0.475 e. The number of nitrogens with zero attached hydrogens (tertiary/aromatic N) is 2. The van der Waals surface area contributed by atoms with Crippen LogP contribution in [0.3, 0.4) is 0 Å². The number of rotatable bonds is 20. The number of aliphatic imine (C=N–C) groups is 1. The van der Waals surface area contributed by atoms with Gasteiger partial charge in [0.15, 0.2) is 29.4 Å². The van der Waals surface area contributed by atoms with Crippen LogP contribution < -0.4 is 27.4 Å². The molecule has 1 aliphatic rings. The van der Waals surface area contributed by atoms with E-state index in [2.05, 4.69) is 20.9 Å². The van der Waals surface area contributed by atoms with Crippen molar-refractivity contribution in [1.82, 2.24) is 20.9 Å². The molecular weight excluding hydrogens is 973 g/mol. The third kappa shape index (κ3) is 17.7. The summed E-state index contributed by atoms with van der Waals surface area (Å²) in [5.74, 6) is -9.70. The number of likely N-dealkylation sites (tertiary alicyclic amines) is 1. The number of aliphatic carboxylic acids is 1. The Labute approximate surface area is 414 Å². The number of amides is 4. The largest absolute Gasteiger partial charge is 0.490 e. The molecule has 8 N–H and O–H groups in total. The lowest BCUT2D eigenvalue weighted by atomic mass is 9.93. The van der Waals surface area contributed by atoms with E-state index in [0.29, 0.717) is 5.56 Å². The van der Waals surface area contributed by atoms with E-state index in [-0.39, 0.29) is 72.7 Å². The summed E-state index contributed by atoms with van der Waals surface area (Å²) in [6, 6.07) is 23.4. The highest BCUT2D eigenvalue weighted by atomic mass is 35.5.